The van der Waals surface area contributed by atoms with Crippen LogP contribution in [0.3, 0.4) is 0 Å². The second-order valence-corrected chi connectivity index (χ2v) is 7.06. The van der Waals surface area contributed by atoms with Crippen molar-refractivity contribution < 1.29 is 0 Å². The van der Waals surface area contributed by atoms with Gasteiger partial charge in [-0.2, -0.15) is 0 Å². The minimum Gasteiger partial charge on any atom is -0.311 e. The van der Waals surface area contributed by atoms with Gasteiger partial charge in [0.05, 0.1) is 0 Å². The summed E-state index contributed by atoms with van der Waals surface area (Å²) in [7, 11) is 0. The molecule has 2 nitrogen and oxygen atoms in total. The van der Waals surface area contributed by atoms with E-state index in [0.717, 1.165) is 12.6 Å². The van der Waals surface area contributed by atoms with Crippen molar-refractivity contribution in [3.8, 4) is 0 Å². The molecule has 0 aromatic rings. The molecular formula is C14H30N2. The Morgan fingerprint density at radius 3 is 2.06 bits per heavy atom. The van der Waals surface area contributed by atoms with Crippen molar-refractivity contribution in [2.75, 3.05) is 19.6 Å². The summed E-state index contributed by atoms with van der Waals surface area (Å²) in [5.74, 6) is 0. The van der Waals surface area contributed by atoms with E-state index in [9.17, 15) is 0 Å². The number of nitrogens with zero attached hydrogens (tertiary/aromatic N) is 1. The van der Waals surface area contributed by atoms with Crippen LogP contribution >= 0.6 is 0 Å². The van der Waals surface area contributed by atoms with E-state index in [0.29, 0.717) is 5.41 Å². The third-order valence-corrected chi connectivity index (χ3v) is 3.20. The molecule has 0 radical (unpaired) electrons. The van der Waals surface area contributed by atoms with E-state index in [1.807, 2.05) is 0 Å². The van der Waals surface area contributed by atoms with Gasteiger partial charge in [0.25, 0.3) is 0 Å². The van der Waals surface area contributed by atoms with Gasteiger partial charge in [-0.3, -0.25) is 0 Å². The van der Waals surface area contributed by atoms with Crippen molar-refractivity contribution in [1.82, 2.24) is 10.2 Å². The van der Waals surface area contributed by atoms with E-state index in [1.54, 1.807) is 0 Å². The van der Waals surface area contributed by atoms with Crippen LogP contribution in [0.5, 0.6) is 0 Å². The molecular weight excluding hydrogens is 196 g/mol. The van der Waals surface area contributed by atoms with Crippen LogP contribution in [0.4, 0.5) is 0 Å². The Morgan fingerprint density at radius 1 is 1.12 bits per heavy atom. The molecule has 0 spiro atoms. The molecule has 0 aromatic heterocycles. The minimum absolute atomic E-state index is 0.230. The maximum Gasteiger partial charge on any atom is 0.00967 e. The van der Waals surface area contributed by atoms with Crippen molar-refractivity contribution in [2.24, 2.45) is 5.41 Å². The molecule has 16 heavy (non-hydrogen) atoms. The number of hydrogen-bond donors (Lipinski definition) is 1. The van der Waals surface area contributed by atoms with Crippen molar-refractivity contribution in [1.29, 1.82) is 0 Å². The average molecular weight is 226 g/mol. The fraction of sp³-hybridized carbons (Fsp3) is 1.00. The van der Waals surface area contributed by atoms with Gasteiger partial charge in [-0.15, -0.1) is 0 Å². The van der Waals surface area contributed by atoms with Crippen molar-refractivity contribution in [2.45, 2.75) is 66.0 Å². The first-order chi connectivity index (χ1) is 7.23. The Hall–Kier alpha value is -0.0800. The zero-order valence-electron chi connectivity index (χ0n) is 12.1. The summed E-state index contributed by atoms with van der Waals surface area (Å²) in [5, 5.41) is 3.62. The van der Waals surface area contributed by atoms with E-state index < -0.39 is 0 Å². The molecule has 0 bridgehead atoms. The Balaban J connectivity index is 2.37. The Bertz CT molecular complexity index is 211. The van der Waals surface area contributed by atoms with Gasteiger partial charge >= 0.3 is 0 Å². The van der Waals surface area contributed by atoms with Crippen LogP contribution in [0.2, 0.25) is 0 Å². The van der Waals surface area contributed by atoms with Gasteiger partial charge in [0.2, 0.25) is 0 Å². The first kappa shape index (κ1) is 14.0. The number of hydrogen-bond acceptors (Lipinski definition) is 2. The molecule has 0 heterocycles. The van der Waals surface area contributed by atoms with Crippen LogP contribution in [-0.4, -0.2) is 36.1 Å². The lowest BCUT2D eigenvalue weighted by Crippen LogP contribution is -2.46. The minimum atomic E-state index is 0.230. The predicted molar refractivity (Wildman–Crippen MR) is 71.8 cm³/mol. The average Bonchev–Trinajstić information content (AvgIpc) is 2.93. The summed E-state index contributed by atoms with van der Waals surface area (Å²) < 4.78 is 0. The van der Waals surface area contributed by atoms with Gasteiger partial charge in [-0.1, -0.05) is 20.8 Å². The van der Waals surface area contributed by atoms with Crippen LogP contribution in [0.1, 0.15) is 54.4 Å². The molecule has 0 aliphatic heterocycles. The highest BCUT2D eigenvalue weighted by atomic mass is 15.2. The second kappa shape index (κ2) is 5.05. The smallest absolute Gasteiger partial charge is 0.00967 e. The molecule has 1 N–H and O–H groups in total. The van der Waals surface area contributed by atoms with Gasteiger partial charge in [-0.05, 0) is 45.6 Å². The largest absolute Gasteiger partial charge is 0.311 e. The first-order valence-electron chi connectivity index (χ1n) is 6.72. The molecule has 0 atom stereocenters. The molecule has 1 saturated carbocycles. The fourth-order valence-corrected chi connectivity index (χ4v) is 2.05. The highest BCUT2D eigenvalue weighted by molar-refractivity contribution is 4.88. The normalized spacial score (nSPS) is 18.2. The molecule has 0 amide bonds. The van der Waals surface area contributed by atoms with Gasteiger partial charge < -0.3 is 10.2 Å². The van der Waals surface area contributed by atoms with Crippen molar-refractivity contribution in [3.63, 3.8) is 0 Å². The maximum atomic E-state index is 3.62. The lowest BCUT2D eigenvalue weighted by molar-refractivity contribution is 0.164. The molecule has 2 heteroatoms. The van der Waals surface area contributed by atoms with E-state index in [4.69, 9.17) is 0 Å². The summed E-state index contributed by atoms with van der Waals surface area (Å²) in [4.78, 5) is 2.64. The third-order valence-electron chi connectivity index (χ3n) is 3.20. The lowest BCUT2D eigenvalue weighted by atomic mass is 9.91. The summed E-state index contributed by atoms with van der Waals surface area (Å²) in [6, 6.07) is 0.888. The molecule has 0 unspecified atom stereocenters. The molecule has 1 fully saturated rings. The molecule has 0 saturated heterocycles. The van der Waals surface area contributed by atoms with Crippen LogP contribution in [0.25, 0.3) is 0 Å². The van der Waals surface area contributed by atoms with Gasteiger partial charge in [0.15, 0.2) is 0 Å². The summed E-state index contributed by atoms with van der Waals surface area (Å²) in [6.45, 7) is 17.3. The SMILES string of the molecule is CCN(CC(C)(C)CNC(C)(C)C)C1CC1. The summed E-state index contributed by atoms with van der Waals surface area (Å²) >= 11 is 0. The molecule has 0 aromatic carbocycles. The Kier molecular flexibility index (Phi) is 4.42. The molecule has 96 valence electrons. The van der Waals surface area contributed by atoms with Gasteiger partial charge in [-0.25, -0.2) is 0 Å². The number of rotatable bonds is 6. The topological polar surface area (TPSA) is 15.3 Å². The Labute approximate surface area is 102 Å². The van der Waals surface area contributed by atoms with Gasteiger partial charge in [0.1, 0.15) is 0 Å². The zero-order chi connectivity index (χ0) is 12.4. The summed E-state index contributed by atoms with van der Waals surface area (Å²) in [6.07, 6.45) is 2.83. The highest BCUT2D eigenvalue weighted by Crippen LogP contribution is 2.29. The number of nitrogens with one attached hydrogen (secondary N) is 1. The molecule has 1 aliphatic carbocycles. The lowest BCUT2D eigenvalue weighted by Gasteiger charge is -2.35. The van der Waals surface area contributed by atoms with E-state index in [1.165, 1.54) is 25.9 Å². The Morgan fingerprint density at radius 2 is 1.69 bits per heavy atom. The predicted octanol–water partition coefficient (Wildman–Crippen LogP) is 2.89. The standard InChI is InChI=1S/C14H30N2/c1-7-16(12-8-9-12)11-14(5,6)10-15-13(2,3)4/h12,15H,7-11H2,1-6H3. The van der Waals surface area contributed by atoms with Crippen LogP contribution < -0.4 is 5.32 Å². The third kappa shape index (κ3) is 5.31. The summed E-state index contributed by atoms with van der Waals surface area (Å²) in [5.41, 5.74) is 0.597. The van der Waals surface area contributed by atoms with Crippen LogP contribution in [0.15, 0.2) is 0 Å². The first-order valence-corrected chi connectivity index (χ1v) is 6.72. The van der Waals surface area contributed by atoms with Gasteiger partial charge in [0, 0.05) is 24.7 Å². The van der Waals surface area contributed by atoms with E-state index >= 15 is 0 Å². The van der Waals surface area contributed by atoms with Crippen molar-refractivity contribution >= 4 is 0 Å². The molecule has 1 rings (SSSR count). The maximum absolute atomic E-state index is 3.62. The van der Waals surface area contributed by atoms with E-state index in [-0.39, 0.29) is 5.54 Å². The molecule has 1 aliphatic rings. The van der Waals surface area contributed by atoms with Crippen molar-refractivity contribution in [3.05, 3.63) is 0 Å². The highest BCUT2D eigenvalue weighted by Gasteiger charge is 2.32. The second-order valence-electron chi connectivity index (χ2n) is 7.06. The van der Waals surface area contributed by atoms with Crippen LogP contribution in [0, 0.1) is 5.41 Å². The monoisotopic (exact) mass is 226 g/mol. The van der Waals surface area contributed by atoms with Crippen LogP contribution in [-0.2, 0) is 0 Å². The fourth-order valence-electron chi connectivity index (χ4n) is 2.05. The quantitative estimate of drug-likeness (QED) is 0.749. The van der Waals surface area contributed by atoms with E-state index in [2.05, 4.69) is 51.8 Å². The zero-order valence-corrected chi connectivity index (χ0v) is 12.1.